The van der Waals surface area contributed by atoms with Gasteiger partial charge in [0.25, 0.3) is 12.3 Å². The van der Waals surface area contributed by atoms with Crippen molar-refractivity contribution in [3.05, 3.63) is 27.6 Å². The summed E-state index contributed by atoms with van der Waals surface area (Å²) in [4.78, 5) is 22.7. The summed E-state index contributed by atoms with van der Waals surface area (Å²) in [7, 11) is 0. The molecule has 0 aliphatic rings. The van der Waals surface area contributed by atoms with E-state index in [2.05, 4.69) is 15.5 Å². The van der Waals surface area contributed by atoms with Crippen LogP contribution >= 0.6 is 0 Å². The molecule has 0 aliphatic heterocycles. The second-order valence-corrected chi connectivity index (χ2v) is 3.21. The van der Waals surface area contributed by atoms with Crippen LogP contribution in [-0.4, -0.2) is 22.2 Å². The first kappa shape index (κ1) is 15.5. The van der Waals surface area contributed by atoms with E-state index in [-0.39, 0.29) is 6.07 Å². The number of halogens is 5. The average molecular weight is 301 g/mol. The molecule has 20 heavy (non-hydrogen) atoms. The molecule has 0 aromatic carbocycles. The first-order valence-electron chi connectivity index (χ1n) is 4.56. The molecule has 0 atom stereocenters. The highest BCUT2D eigenvalue weighted by atomic mass is 19.4. The smallest absolute Gasteiger partial charge is 0.398 e. The highest BCUT2D eigenvalue weighted by molar-refractivity contribution is 5.91. The van der Waals surface area contributed by atoms with E-state index in [1.54, 1.807) is 0 Å². The minimum atomic E-state index is -5.39. The molecule has 1 heterocycles. The molecule has 110 valence electrons. The normalized spacial score (nSPS) is 11.5. The molecule has 7 nitrogen and oxygen atoms in total. The van der Waals surface area contributed by atoms with Crippen molar-refractivity contribution >= 4 is 11.6 Å². The van der Waals surface area contributed by atoms with Gasteiger partial charge in [0.05, 0.1) is 4.92 Å². The van der Waals surface area contributed by atoms with Gasteiger partial charge in [0.15, 0.2) is 5.69 Å². The number of alkyl halides is 5. The highest BCUT2D eigenvalue weighted by Crippen LogP contribution is 2.38. The molecule has 12 heteroatoms. The zero-order valence-electron chi connectivity index (χ0n) is 9.15. The maximum absolute atomic E-state index is 12.6. The van der Waals surface area contributed by atoms with Crippen molar-refractivity contribution in [2.24, 2.45) is 5.73 Å². The lowest BCUT2D eigenvalue weighted by Crippen LogP contribution is -2.21. The third kappa shape index (κ3) is 3.49. The van der Waals surface area contributed by atoms with Gasteiger partial charge >= 0.3 is 12.0 Å². The molecule has 0 spiro atoms. The first-order chi connectivity index (χ1) is 9.03. The Morgan fingerprint density at radius 1 is 1.45 bits per heavy atom. The van der Waals surface area contributed by atoms with Crippen LogP contribution in [0.25, 0.3) is 0 Å². The molecule has 0 saturated heterocycles. The molecule has 0 saturated carbocycles. The quantitative estimate of drug-likeness (QED) is 0.519. The van der Waals surface area contributed by atoms with E-state index < -0.39 is 46.4 Å². The number of ether oxygens (including phenoxy) is 1. The van der Waals surface area contributed by atoms with Crippen molar-refractivity contribution in [2.45, 2.75) is 12.8 Å². The monoisotopic (exact) mass is 301 g/mol. The van der Waals surface area contributed by atoms with Crippen LogP contribution in [-0.2, 0) is 0 Å². The Bertz CT molecular complexity index is 560. The molecule has 0 aliphatic carbocycles. The summed E-state index contributed by atoms with van der Waals surface area (Å²) in [6, 6.07) is 0.167. The van der Waals surface area contributed by atoms with E-state index in [1.807, 2.05) is 0 Å². The van der Waals surface area contributed by atoms with E-state index in [1.165, 1.54) is 0 Å². The second kappa shape index (κ2) is 5.22. The molecule has 1 amide bonds. The molecule has 1 rings (SSSR count). The Morgan fingerprint density at radius 2 is 2.00 bits per heavy atom. The fraction of sp³-hybridized carbons (Fsp3) is 0.250. The Labute approximate surface area is 106 Å². The lowest BCUT2D eigenvalue weighted by Gasteiger charge is -2.11. The number of pyridine rings is 1. The molecule has 0 radical (unpaired) electrons. The minimum absolute atomic E-state index is 0.167. The van der Waals surface area contributed by atoms with Crippen LogP contribution in [0, 0.1) is 10.1 Å². The lowest BCUT2D eigenvalue weighted by molar-refractivity contribution is -0.390. The fourth-order valence-electron chi connectivity index (χ4n) is 1.20. The van der Waals surface area contributed by atoms with Crippen LogP contribution in [0.1, 0.15) is 22.6 Å². The van der Waals surface area contributed by atoms with Crippen molar-refractivity contribution in [3.8, 4) is 5.75 Å². The molecule has 1 aromatic heterocycles. The lowest BCUT2D eigenvalue weighted by atomic mass is 10.2. The average Bonchev–Trinajstić information content (AvgIpc) is 2.24. The number of nitrogens with two attached hydrogens (primary N) is 1. The Morgan fingerprint density at radius 3 is 2.35 bits per heavy atom. The highest BCUT2D eigenvalue weighted by Gasteiger charge is 2.38. The van der Waals surface area contributed by atoms with Gasteiger partial charge in [-0.1, -0.05) is 0 Å². The van der Waals surface area contributed by atoms with Gasteiger partial charge in [-0.15, -0.1) is 13.2 Å². The van der Waals surface area contributed by atoms with Gasteiger partial charge in [-0.25, -0.2) is 13.8 Å². The topological polar surface area (TPSA) is 108 Å². The van der Waals surface area contributed by atoms with Gasteiger partial charge in [-0.3, -0.25) is 14.9 Å². The van der Waals surface area contributed by atoms with Crippen molar-refractivity contribution < 1.29 is 36.4 Å². The van der Waals surface area contributed by atoms with Gasteiger partial charge in [0.1, 0.15) is 5.69 Å². The summed E-state index contributed by atoms with van der Waals surface area (Å²) >= 11 is 0. The molecule has 1 aromatic rings. The largest absolute Gasteiger partial charge is 0.573 e. The van der Waals surface area contributed by atoms with Crippen molar-refractivity contribution in [2.75, 3.05) is 0 Å². The van der Waals surface area contributed by atoms with E-state index in [4.69, 9.17) is 0 Å². The van der Waals surface area contributed by atoms with Crippen molar-refractivity contribution in [1.29, 1.82) is 0 Å². The predicted molar refractivity (Wildman–Crippen MR) is 51.0 cm³/mol. The van der Waals surface area contributed by atoms with Crippen LogP contribution in [0.3, 0.4) is 0 Å². The standard InChI is InChI=1S/C8H4F5N3O4/c9-6(10)4-5(16(18)19)3(20-8(11,12)13)1-2(15-4)7(14)17/h1,6H,(H2,14,17). The Hall–Kier alpha value is -2.53. The van der Waals surface area contributed by atoms with E-state index in [0.717, 1.165) is 0 Å². The number of rotatable bonds is 4. The molecule has 0 unspecified atom stereocenters. The van der Waals surface area contributed by atoms with Gasteiger partial charge in [-0.05, 0) is 0 Å². The zero-order chi connectivity index (χ0) is 15.7. The summed E-state index contributed by atoms with van der Waals surface area (Å²) in [5, 5.41) is 10.6. The van der Waals surface area contributed by atoms with Crippen LogP contribution in [0.4, 0.5) is 27.6 Å². The van der Waals surface area contributed by atoms with Crippen molar-refractivity contribution in [1.82, 2.24) is 4.98 Å². The first-order valence-corrected chi connectivity index (χ1v) is 4.56. The molecule has 0 fully saturated rings. The fourth-order valence-corrected chi connectivity index (χ4v) is 1.20. The number of hydrogen-bond donors (Lipinski definition) is 1. The van der Waals surface area contributed by atoms with Gasteiger partial charge in [0.2, 0.25) is 5.75 Å². The molecule has 0 bridgehead atoms. The maximum atomic E-state index is 12.6. The zero-order valence-corrected chi connectivity index (χ0v) is 9.15. The number of primary amides is 1. The number of hydrogen-bond acceptors (Lipinski definition) is 5. The van der Waals surface area contributed by atoms with E-state index in [9.17, 15) is 36.9 Å². The van der Waals surface area contributed by atoms with E-state index in [0.29, 0.717) is 0 Å². The third-order valence-electron chi connectivity index (χ3n) is 1.85. The number of amides is 1. The Kier molecular flexibility index (Phi) is 4.06. The number of carbonyl (C=O) groups is 1. The summed E-state index contributed by atoms with van der Waals surface area (Å²) in [6.07, 6.45) is -8.99. The third-order valence-corrected chi connectivity index (χ3v) is 1.85. The molecule has 2 N–H and O–H groups in total. The van der Waals surface area contributed by atoms with Crippen LogP contribution in [0.5, 0.6) is 5.75 Å². The Balaban J connectivity index is 3.59. The summed E-state index contributed by atoms with van der Waals surface area (Å²) in [6.45, 7) is 0. The number of aromatic nitrogens is 1. The van der Waals surface area contributed by atoms with E-state index >= 15 is 0 Å². The van der Waals surface area contributed by atoms with Gasteiger partial charge in [-0.2, -0.15) is 0 Å². The molecular weight excluding hydrogens is 297 g/mol. The van der Waals surface area contributed by atoms with Gasteiger partial charge < -0.3 is 10.5 Å². The molecular formula is C8H4F5N3O4. The minimum Gasteiger partial charge on any atom is -0.398 e. The van der Waals surface area contributed by atoms with Crippen LogP contribution in [0.2, 0.25) is 0 Å². The van der Waals surface area contributed by atoms with Gasteiger partial charge in [0, 0.05) is 6.07 Å². The number of nitrogens with zero attached hydrogens (tertiary/aromatic N) is 2. The summed E-state index contributed by atoms with van der Waals surface area (Å²) in [5.74, 6) is -3.05. The number of carbonyl (C=O) groups excluding carboxylic acids is 1. The predicted octanol–water partition coefficient (Wildman–Crippen LogP) is 1.92. The summed E-state index contributed by atoms with van der Waals surface area (Å²) < 4.78 is 64.7. The van der Waals surface area contributed by atoms with Crippen LogP contribution < -0.4 is 10.5 Å². The van der Waals surface area contributed by atoms with Crippen molar-refractivity contribution in [3.63, 3.8) is 0 Å². The maximum Gasteiger partial charge on any atom is 0.573 e. The SMILES string of the molecule is NC(=O)c1cc(OC(F)(F)F)c([N+](=O)[O-])c(C(F)F)n1. The summed E-state index contributed by atoms with van der Waals surface area (Å²) in [5.41, 5.74) is 0.326. The van der Waals surface area contributed by atoms with Crippen LogP contribution in [0.15, 0.2) is 6.07 Å². The number of nitro groups is 1. The second-order valence-electron chi connectivity index (χ2n) is 3.21.